The average Bonchev–Trinajstić information content (AvgIpc) is 3.53. The first-order valence-electron chi connectivity index (χ1n) is 12.1. The molecule has 0 radical (unpaired) electrons. The predicted molar refractivity (Wildman–Crippen MR) is 148 cm³/mol. The van der Waals surface area contributed by atoms with Gasteiger partial charge in [0.15, 0.2) is 17.3 Å². The Bertz CT molecular complexity index is 1710. The van der Waals surface area contributed by atoms with Crippen LogP contribution in [-0.2, 0) is 23.4 Å². The summed E-state index contributed by atoms with van der Waals surface area (Å²) in [6.45, 7) is 1.29. The molecule has 40 heavy (non-hydrogen) atoms. The minimum absolute atomic E-state index is 0.132. The number of aliphatic hydroxyl groups excluding tert-OH is 1. The lowest BCUT2D eigenvalue weighted by atomic mass is 9.98. The number of oxazole rings is 1. The number of benzene rings is 3. The van der Waals surface area contributed by atoms with Crippen LogP contribution in [0.25, 0.3) is 39.4 Å². The number of aryl methyl sites for hydroxylation is 1. The highest BCUT2D eigenvalue weighted by molar-refractivity contribution is 7.84. The molecule has 206 valence electrons. The summed E-state index contributed by atoms with van der Waals surface area (Å²) in [7, 11) is -1.21. The summed E-state index contributed by atoms with van der Waals surface area (Å²) in [6.07, 6.45) is -1.95. The molecule has 11 heteroatoms. The summed E-state index contributed by atoms with van der Waals surface area (Å²) in [5, 5.41) is 10.1. The van der Waals surface area contributed by atoms with E-state index in [4.69, 9.17) is 16.0 Å². The van der Waals surface area contributed by atoms with Crippen molar-refractivity contribution in [2.24, 2.45) is 0 Å². The zero-order valence-electron chi connectivity index (χ0n) is 21.4. The Kier molecular flexibility index (Phi) is 7.67. The Morgan fingerprint density at radius 2 is 1.70 bits per heavy atom. The van der Waals surface area contributed by atoms with Crippen molar-refractivity contribution in [3.05, 3.63) is 95.4 Å². The van der Waals surface area contributed by atoms with Gasteiger partial charge < -0.3 is 14.1 Å². The minimum Gasteiger partial charge on any atom is -0.440 e. The highest BCUT2D eigenvalue weighted by atomic mass is 35.5. The Hall–Kier alpha value is -3.73. The SMILES string of the molecule is Cc1nc(C(F)(F)F)cn1-c1ccc(-c2cccc(S(C)=O)c2)cc1-c1oc(CCO)nc1-c1ccc(Cl)cc1. The molecule has 0 aliphatic carbocycles. The van der Waals surface area contributed by atoms with Gasteiger partial charge in [0.05, 0.1) is 12.3 Å². The summed E-state index contributed by atoms with van der Waals surface area (Å²) in [6, 6.07) is 19.4. The maximum absolute atomic E-state index is 13.6. The maximum atomic E-state index is 13.6. The van der Waals surface area contributed by atoms with Gasteiger partial charge in [0.2, 0.25) is 0 Å². The van der Waals surface area contributed by atoms with Crippen molar-refractivity contribution in [1.29, 1.82) is 0 Å². The van der Waals surface area contributed by atoms with E-state index in [0.717, 1.165) is 17.3 Å². The molecule has 6 nitrogen and oxygen atoms in total. The Labute approximate surface area is 235 Å². The Morgan fingerprint density at radius 3 is 2.35 bits per heavy atom. The molecular weight excluding hydrogens is 563 g/mol. The van der Waals surface area contributed by atoms with Crippen LogP contribution in [-0.4, -0.2) is 36.7 Å². The van der Waals surface area contributed by atoms with Gasteiger partial charge in [-0.25, -0.2) is 9.97 Å². The molecule has 0 aliphatic heterocycles. The number of alkyl halides is 3. The fourth-order valence-corrected chi connectivity index (χ4v) is 5.06. The van der Waals surface area contributed by atoms with Gasteiger partial charge in [-0.05, 0) is 54.4 Å². The maximum Gasteiger partial charge on any atom is 0.434 e. The average molecular weight is 586 g/mol. The van der Waals surface area contributed by atoms with Gasteiger partial charge in [-0.2, -0.15) is 13.2 Å². The van der Waals surface area contributed by atoms with Gasteiger partial charge in [0.1, 0.15) is 11.5 Å². The lowest BCUT2D eigenvalue weighted by Gasteiger charge is -2.14. The highest BCUT2D eigenvalue weighted by Crippen LogP contribution is 2.40. The van der Waals surface area contributed by atoms with E-state index in [0.29, 0.717) is 38.2 Å². The predicted octanol–water partition coefficient (Wildman–Crippen LogP) is 7.11. The van der Waals surface area contributed by atoms with Gasteiger partial charge >= 0.3 is 6.18 Å². The molecule has 0 spiro atoms. The third-order valence-corrected chi connectivity index (χ3v) is 7.46. The summed E-state index contributed by atoms with van der Waals surface area (Å²) in [4.78, 5) is 8.98. The van der Waals surface area contributed by atoms with E-state index < -0.39 is 22.7 Å². The Balaban J connectivity index is 1.78. The van der Waals surface area contributed by atoms with Gasteiger partial charge in [-0.1, -0.05) is 41.9 Å². The van der Waals surface area contributed by atoms with Crippen molar-refractivity contribution in [3.8, 4) is 39.4 Å². The third kappa shape index (κ3) is 5.60. The van der Waals surface area contributed by atoms with E-state index >= 15 is 0 Å². The molecule has 5 aromatic rings. The standard InChI is InChI=1S/C29H23ClF3N3O3S/c1-17-34-25(29(31,32)33)16-36(17)24-11-8-20(19-4-3-5-22(14-19)40(2)38)15-23(24)28-27(35-26(39-28)12-13-37)18-6-9-21(30)10-7-18/h3-11,14-16,37H,12-13H2,1-2H3. The number of rotatable bonds is 7. The van der Waals surface area contributed by atoms with Crippen LogP contribution in [0.2, 0.25) is 5.02 Å². The first-order valence-corrected chi connectivity index (χ1v) is 14.1. The lowest BCUT2D eigenvalue weighted by molar-refractivity contribution is -0.141. The van der Waals surface area contributed by atoms with Crippen LogP contribution in [0.1, 0.15) is 17.4 Å². The quantitative estimate of drug-likeness (QED) is 0.220. The molecule has 0 saturated carbocycles. The highest BCUT2D eigenvalue weighted by Gasteiger charge is 2.35. The zero-order chi connectivity index (χ0) is 28.6. The zero-order valence-corrected chi connectivity index (χ0v) is 22.9. The van der Waals surface area contributed by atoms with Gasteiger partial charge in [0, 0.05) is 50.7 Å². The molecule has 0 bridgehead atoms. The number of hydrogen-bond donors (Lipinski definition) is 1. The van der Waals surface area contributed by atoms with Crippen LogP contribution in [0, 0.1) is 6.92 Å². The molecule has 1 atom stereocenters. The van der Waals surface area contributed by atoms with E-state index in [9.17, 15) is 22.5 Å². The number of nitrogens with zero attached hydrogens (tertiary/aromatic N) is 3. The number of aromatic nitrogens is 3. The number of imidazole rings is 1. The molecule has 0 aliphatic rings. The van der Waals surface area contributed by atoms with Crippen LogP contribution in [0.3, 0.4) is 0 Å². The van der Waals surface area contributed by atoms with E-state index in [-0.39, 0.29) is 24.7 Å². The van der Waals surface area contributed by atoms with E-state index in [1.54, 1.807) is 66.9 Å². The van der Waals surface area contributed by atoms with Crippen LogP contribution in [0.4, 0.5) is 13.2 Å². The van der Waals surface area contributed by atoms with Crippen molar-refractivity contribution < 1.29 is 26.9 Å². The smallest absolute Gasteiger partial charge is 0.434 e. The summed E-state index contributed by atoms with van der Waals surface area (Å²) < 4.78 is 60.3. The van der Waals surface area contributed by atoms with Gasteiger partial charge in [-0.15, -0.1) is 0 Å². The minimum atomic E-state index is -4.62. The normalized spacial score (nSPS) is 12.6. The fraction of sp³-hybridized carbons (Fsp3) is 0.172. The van der Waals surface area contributed by atoms with Crippen molar-refractivity contribution >= 4 is 22.4 Å². The van der Waals surface area contributed by atoms with Crippen molar-refractivity contribution in [1.82, 2.24) is 14.5 Å². The molecule has 0 fully saturated rings. The largest absolute Gasteiger partial charge is 0.440 e. The van der Waals surface area contributed by atoms with Crippen molar-refractivity contribution in [3.63, 3.8) is 0 Å². The Morgan fingerprint density at radius 1 is 1.00 bits per heavy atom. The van der Waals surface area contributed by atoms with Crippen LogP contribution < -0.4 is 0 Å². The van der Waals surface area contributed by atoms with E-state index in [1.165, 1.54) is 11.5 Å². The molecule has 2 aromatic heterocycles. The second-order valence-corrected chi connectivity index (χ2v) is 10.8. The molecule has 2 heterocycles. The lowest BCUT2D eigenvalue weighted by Crippen LogP contribution is -2.05. The fourth-order valence-electron chi connectivity index (χ4n) is 4.37. The molecule has 5 rings (SSSR count). The second-order valence-electron chi connectivity index (χ2n) is 9.02. The first kappa shape index (κ1) is 27.8. The second kappa shape index (κ2) is 11.0. The summed E-state index contributed by atoms with van der Waals surface area (Å²) in [5.74, 6) is 0.702. The monoisotopic (exact) mass is 585 g/mol. The van der Waals surface area contributed by atoms with E-state index in [1.807, 2.05) is 6.07 Å². The molecular formula is C29H23ClF3N3O3S. The number of aliphatic hydroxyl groups is 1. The van der Waals surface area contributed by atoms with E-state index in [2.05, 4.69) is 9.97 Å². The molecule has 1 unspecified atom stereocenters. The van der Waals surface area contributed by atoms with Crippen LogP contribution in [0.5, 0.6) is 0 Å². The summed E-state index contributed by atoms with van der Waals surface area (Å²) in [5.41, 5.74) is 2.43. The molecule has 0 saturated heterocycles. The van der Waals surface area contributed by atoms with Crippen molar-refractivity contribution in [2.75, 3.05) is 12.9 Å². The van der Waals surface area contributed by atoms with Crippen LogP contribution >= 0.6 is 11.6 Å². The number of halogens is 4. The third-order valence-electron chi connectivity index (χ3n) is 6.29. The van der Waals surface area contributed by atoms with Crippen LogP contribution in [0.15, 0.2) is 82.2 Å². The van der Waals surface area contributed by atoms with Crippen molar-refractivity contribution in [2.45, 2.75) is 24.4 Å². The first-order chi connectivity index (χ1) is 19.0. The topological polar surface area (TPSA) is 81.2 Å². The molecule has 0 amide bonds. The molecule has 1 N–H and O–H groups in total. The van der Waals surface area contributed by atoms with Gasteiger partial charge in [-0.3, -0.25) is 4.21 Å². The summed E-state index contributed by atoms with van der Waals surface area (Å²) >= 11 is 6.10. The number of hydrogen-bond acceptors (Lipinski definition) is 5. The molecule has 3 aromatic carbocycles. The van der Waals surface area contributed by atoms with Gasteiger partial charge in [0.25, 0.3) is 0 Å².